The summed E-state index contributed by atoms with van der Waals surface area (Å²) in [6.45, 7) is 4.23. The zero-order chi connectivity index (χ0) is 19.9. The predicted octanol–water partition coefficient (Wildman–Crippen LogP) is 5.76. The number of hydrogen-bond acceptors (Lipinski definition) is 6. The van der Waals surface area contributed by atoms with Gasteiger partial charge >= 0.3 is 12.3 Å². The van der Waals surface area contributed by atoms with Crippen LogP contribution in [0.2, 0.25) is 0 Å². The van der Waals surface area contributed by atoms with Crippen LogP contribution >= 0.6 is 0 Å². The first-order chi connectivity index (χ1) is 13.5. The molecule has 0 spiro atoms. The lowest BCUT2D eigenvalue weighted by Gasteiger charge is -2.33. The van der Waals surface area contributed by atoms with E-state index in [4.69, 9.17) is 18.9 Å². The van der Waals surface area contributed by atoms with Crippen LogP contribution in [0, 0.1) is 11.8 Å². The Labute approximate surface area is 168 Å². The highest BCUT2D eigenvalue weighted by Gasteiger charge is 2.35. The normalized spacial score (nSPS) is 36.2. The van der Waals surface area contributed by atoms with E-state index in [9.17, 15) is 9.59 Å². The van der Waals surface area contributed by atoms with Crippen LogP contribution < -0.4 is 0 Å². The maximum absolute atomic E-state index is 12.3. The maximum atomic E-state index is 12.3. The first-order valence-corrected chi connectivity index (χ1v) is 11.3. The van der Waals surface area contributed by atoms with Crippen molar-refractivity contribution in [2.45, 2.75) is 115 Å². The van der Waals surface area contributed by atoms with Gasteiger partial charge in [-0.3, -0.25) is 0 Å². The van der Waals surface area contributed by atoms with E-state index in [1.807, 2.05) is 0 Å². The van der Waals surface area contributed by atoms with Crippen molar-refractivity contribution in [3.8, 4) is 0 Å². The van der Waals surface area contributed by atoms with Crippen LogP contribution in [-0.4, -0.2) is 36.7 Å². The van der Waals surface area contributed by atoms with E-state index in [1.54, 1.807) is 0 Å². The molecule has 6 atom stereocenters. The second kappa shape index (κ2) is 10.4. The second-order valence-electron chi connectivity index (χ2n) is 8.93. The minimum absolute atomic E-state index is 0.0676. The number of hydrogen-bond donors (Lipinski definition) is 0. The Kier molecular flexibility index (Phi) is 7.86. The fourth-order valence-corrected chi connectivity index (χ4v) is 4.80. The molecule has 3 saturated carbocycles. The van der Waals surface area contributed by atoms with Crippen molar-refractivity contribution in [3.63, 3.8) is 0 Å². The van der Waals surface area contributed by atoms with E-state index in [0.29, 0.717) is 24.7 Å². The summed E-state index contributed by atoms with van der Waals surface area (Å²) < 4.78 is 22.3. The lowest BCUT2D eigenvalue weighted by atomic mass is 9.88. The Hall–Kier alpha value is -1.46. The van der Waals surface area contributed by atoms with Gasteiger partial charge in [-0.25, -0.2) is 9.59 Å². The predicted molar refractivity (Wildman–Crippen MR) is 104 cm³/mol. The molecule has 6 heteroatoms. The van der Waals surface area contributed by atoms with Gasteiger partial charge < -0.3 is 18.9 Å². The average molecular weight is 397 g/mol. The molecule has 0 saturated heterocycles. The first-order valence-electron chi connectivity index (χ1n) is 11.3. The fraction of sp³-hybridized carbons (Fsp3) is 0.909. The van der Waals surface area contributed by atoms with Gasteiger partial charge in [0, 0.05) is 0 Å². The van der Waals surface area contributed by atoms with Crippen molar-refractivity contribution in [2.24, 2.45) is 11.8 Å². The Balaban J connectivity index is 1.47. The maximum Gasteiger partial charge on any atom is 0.508 e. The van der Waals surface area contributed by atoms with Gasteiger partial charge in [-0.05, 0) is 76.0 Å². The Morgan fingerprint density at radius 1 is 0.500 bits per heavy atom. The highest BCUT2D eigenvalue weighted by atomic mass is 16.8. The third kappa shape index (κ3) is 6.02. The summed E-state index contributed by atoms with van der Waals surface area (Å²) in [5.74, 6) is 0.735. The quantitative estimate of drug-likeness (QED) is 0.563. The molecule has 0 aromatic rings. The Morgan fingerprint density at radius 3 is 1.14 bits per heavy atom. The lowest BCUT2D eigenvalue weighted by molar-refractivity contribution is -0.0929. The molecule has 3 aliphatic rings. The number of ether oxygens (including phenoxy) is 4. The Morgan fingerprint density at radius 2 is 0.786 bits per heavy atom. The van der Waals surface area contributed by atoms with Gasteiger partial charge in [0.1, 0.15) is 24.4 Å². The number of carbonyl (C=O) groups is 2. The van der Waals surface area contributed by atoms with Crippen molar-refractivity contribution < 1.29 is 28.5 Å². The highest BCUT2D eigenvalue weighted by molar-refractivity contribution is 5.61. The molecule has 6 nitrogen and oxygen atoms in total. The van der Waals surface area contributed by atoms with Crippen molar-refractivity contribution in [1.82, 2.24) is 0 Å². The molecule has 3 aliphatic carbocycles. The average Bonchev–Trinajstić information content (AvgIpc) is 2.67. The van der Waals surface area contributed by atoms with E-state index >= 15 is 0 Å². The SMILES string of the molecule is CC1CCCCC1OC(=O)OC1CCCCC1OC(=O)OC1CCCCC1C. The first kappa shape index (κ1) is 21.3. The van der Waals surface area contributed by atoms with Crippen LogP contribution in [0.15, 0.2) is 0 Å². The molecule has 160 valence electrons. The fourth-order valence-electron chi connectivity index (χ4n) is 4.80. The van der Waals surface area contributed by atoms with Crippen LogP contribution in [0.1, 0.15) is 90.9 Å². The van der Waals surface area contributed by atoms with E-state index in [1.165, 1.54) is 12.8 Å². The van der Waals surface area contributed by atoms with Crippen molar-refractivity contribution in [3.05, 3.63) is 0 Å². The minimum Gasteiger partial charge on any atom is -0.431 e. The van der Waals surface area contributed by atoms with E-state index in [0.717, 1.165) is 51.4 Å². The van der Waals surface area contributed by atoms with Crippen LogP contribution in [-0.2, 0) is 18.9 Å². The topological polar surface area (TPSA) is 71.1 Å². The van der Waals surface area contributed by atoms with Gasteiger partial charge in [-0.15, -0.1) is 0 Å². The molecule has 0 aromatic carbocycles. The molecule has 0 radical (unpaired) electrons. The molecule has 0 heterocycles. The minimum atomic E-state index is -0.631. The molecule has 28 heavy (non-hydrogen) atoms. The lowest BCUT2D eigenvalue weighted by Crippen LogP contribution is -2.40. The summed E-state index contributed by atoms with van der Waals surface area (Å²) >= 11 is 0. The highest BCUT2D eigenvalue weighted by Crippen LogP contribution is 2.30. The van der Waals surface area contributed by atoms with Gasteiger partial charge in [0.05, 0.1) is 0 Å². The third-order valence-corrected chi connectivity index (χ3v) is 6.70. The van der Waals surface area contributed by atoms with Crippen LogP contribution in [0.4, 0.5) is 9.59 Å². The summed E-state index contributed by atoms with van der Waals surface area (Å²) in [4.78, 5) is 24.6. The van der Waals surface area contributed by atoms with E-state index in [-0.39, 0.29) is 12.2 Å². The van der Waals surface area contributed by atoms with Crippen LogP contribution in [0.3, 0.4) is 0 Å². The number of rotatable bonds is 4. The van der Waals surface area contributed by atoms with Gasteiger partial charge in [0.2, 0.25) is 0 Å². The van der Waals surface area contributed by atoms with Gasteiger partial charge in [-0.2, -0.15) is 0 Å². The van der Waals surface area contributed by atoms with Gasteiger partial charge in [0.15, 0.2) is 0 Å². The van der Waals surface area contributed by atoms with Gasteiger partial charge in [-0.1, -0.05) is 26.7 Å². The molecule has 3 rings (SSSR count). The van der Waals surface area contributed by atoms with Crippen molar-refractivity contribution in [2.75, 3.05) is 0 Å². The van der Waals surface area contributed by atoms with E-state index in [2.05, 4.69) is 13.8 Å². The van der Waals surface area contributed by atoms with Gasteiger partial charge in [0.25, 0.3) is 0 Å². The molecule has 3 fully saturated rings. The molecule has 0 N–H and O–H groups in total. The summed E-state index contributed by atoms with van der Waals surface area (Å²) in [5.41, 5.74) is 0. The molecule has 0 bridgehead atoms. The molecule has 0 amide bonds. The molecule has 0 aliphatic heterocycles. The van der Waals surface area contributed by atoms with E-state index < -0.39 is 24.5 Å². The van der Waals surface area contributed by atoms with Crippen molar-refractivity contribution >= 4 is 12.3 Å². The molecule has 6 unspecified atom stereocenters. The largest absolute Gasteiger partial charge is 0.508 e. The zero-order valence-corrected chi connectivity index (χ0v) is 17.4. The zero-order valence-electron chi connectivity index (χ0n) is 17.4. The Bertz CT molecular complexity index is 475. The summed E-state index contributed by atoms with van der Waals surface area (Å²) in [6, 6.07) is 0. The molecule has 0 aromatic heterocycles. The molecular weight excluding hydrogens is 360 g/mol. The molecular formula is C22H36O6. The summed E-state index contributed by atoms with van der Waals surface area (Å²) in [6.07, 6.45) is 9.49. The summed E-state index contributed by atoms with van der Waals surface area (Å²) in [7, 11) is 0. The summed E-state index contributed by atoms with van der Waals surface area (Å²) in [5, 5.41) is 0. The smallest absolute Gasteiger partial charge is 0.431 e. The van der Waals surface area contributed by atoms with Crippen molar-refractivity contribution in [1.29, 1.82) is 0 Å². The number of carbonyl (C=O) groups excluding carboxylic acids is 2. The standard InChI is InChI=1S/C22H36O6/c1-15-9-3-5-11-17(15)25-21(23)27-19-13-7-8-14-20(19)28-22(24)26-18-12-6-4-10-16(18)2/h15-20H,3-14H2,1-2H3. The second-order valence-corrected chi connectivity index (χ2v) is 8.93. The van der Waals surface area contributed by atoms with Crippen LogP contribution in [0.5, 0.6) is 0 Å². The van der Waals surface area contributed by atoms with Crippen LogP contribution in [0.25, 0.3) is 0 Å². The monoisotopic (exact) mass is 396 g/mol. The third-order valence-electron chi connectivity index (χ3n) is 6.70.